The van der Waals surface area contributed by atoms with E-state index in [0.29, 0.717) is 24.5 Å². The number of methoxy groups -OCH3 is 1. The molecule has 0 spiro atoms. The van der Waals surface area contributed by atoms with Gasteiger partial charge in [0.25, 0.3) is 5.56 Å². The van der Waals surface area contributed by atoms with E-state index in [-0.39, 0.29) is 17.4 Å². The summed E-state index contributed by atoms with van der Waals surface area (Å²) in [5, 5.41) is 4.49. The first-order valence-electron chi connectivity index (χ1n) is 8.11. The van der Waals surface area contributed by atoms with Crippen LogP contribution in [0, 0.1) is 5.82 Å². The highest BCUT2D eigenvalue weighted by Gasteiger charge is 2.32. The Balaban J connectivity index is 1.61. The van der Waals surface area contributed by atoms with Gasteiger partial charge in [-0.3, -0.25) is 4.79 Å². The van der Waals surface area contributed by atoms with Crippen LogP contribution in [0.4, 0.5) is 10.2 Å². The Morgan fingerprint density at radius 3 is 2.77 bits per heavy atom. The molecule has 0 unspecified atom stereocenters. The van der Waals surface area contributed by atoms with Crippen molar-refractivity contribution in [2.45, 2.75) is 6.04 Å². The number of halogens is 1. The summed E-state index contributed by atoms with van der Waals surface area (Å²) in [6.45, 7) is 0.909. The van der Waals surface area contributed by atoms with Gasteiger partial charge in [-0.2, -0.15) is 5.10 Å². The average Bonchev–Trinajstić information content (AvgIpc) is 2.63. The number of ether oxygens (including phenoxy) is 1. The van der Waals surface area contributed by atoms with Crippen molar-refractivity contribution in [3.05, 3.63) is 65.1 Å². The summed E-state index contributed by atoms with van der Waals surface area (Å²) in [6.07, 6.45) is 2.43. The highest BCUT2D eigenvalue weighted by Crippen LogP contribution is 2.29. The van der Waals surface area contributed by atoms with Gasteiger partial charge in [0.2, 0.25) is 0 Å². The maximum Gasteiger partial charge on any atom is 0.267 e. The Morgan fingerprint density at radius 1 is 1.19 bits per heavy atom. The van der Waals surface area contributed by atoms with Crippen LogP contribution in [0.15, 0.2) is 53.7 Å². The zero-order valence-corrected chi connectivity index (χ0v) is 14.0. The number of hydrogen-bond acceptors (Lipinski definition) is 6. The lowest BCUT2D eigenvalue weighted by molar-refractivity contribution is 0.348. The second-order valence-electron chi connectivity index (χ2n) is 5.95. The molecular weight excluding hydrogens is 337 g/mol. The Hall–Kier alpha value is -3.29. The Labute approximate surface area is 148 Å². The lowest BCUT2D eigenvalue weighted by Gasteiger charge is -2.40. The monoisotopic (exact) mass is 353 g/mol. The van der Waals surface area contributed by atoms with Gasteiger partial charge in [-0.15, -0.1) is 0 Å². The van der Waals surface area contributed by atoms with E-state index in [4.69, 9.17) is 4.74 Å². The third-order valence-electron chi connectivity index (χ3n) is 4.36. The second-order valence-corrected chi connectivity index (χ2v) is 5.95. The predicted octanol–water partition coefficient (Wildman–Crippen LogP) is 1.91. The molecule has 1 fully saturated rings. The van der Waals surface area contributed by atoms with Gasteiger partial charge in [-0.25, -0.2) is 19.0 Å². The highest BCUT2D eigenvalue weighted by molar-refractivity contribution is 5.66. The van der Waals surface area contributed by atoms with E-state index in [1.165, 1.54) is 17.1 Å². The first kappa shape index (κ1) is 16.2. The van der Waals surface area contributed by atoms with Gasteiger partial charge >= 0.3 is 0 Å². The molecule has 3 heterocycles. The first-order valence-corrected chi connectivity index (χ1v) is 8.11. The first-order chi connectivity index (χ1) is 12.7. The minimum Gasteiger partial charge on any atom is -0.496 e. The molecule has 0 saturated carbocycles. The summed E-state index contributed by atoms with van der Waals surface area (Å²) in [5.74, 6) is 0.447. The average molecular weight is 353 g/mol. The van der Waals surface area contributed by atoms with E-state index >= 15 is 0 Å². The molecule has 132 valence electrons. The molecule has 4 rings (SSSR count). The van der Waals surface area contributed by atoms with Crippen LogP contribution in [0.3, 0.4) is 0 Å². The second kappa shape index (κ2) is 6.55. The molecule has 2 aromatic heterocycles. The molecule has 0 atom stereocenters. The molecule has 1 aliphatic rings. The smallest absolute Gasteiger partial charge is 0.267 e. The number of hydrogen-bond donors (Lipinski definition) is 0. The van der Waals surface area contributed by atoms with Gasteiger partial charge in [-0.05, 0) is 18.2 Å². The van der Waals surface area contributed by atoms with Crippen molar-refractivity contribution in [1.82, 2.24) is 19.7 Å². The topological polar surface area (TPSA) is 73.1 Å². The van der Waals surface area contributed by atoms with Crippen molar-refractivity contribution < 1.29 is 9.13 Å². The third-order valence-corrected chi connectivity index (χ3v) is 4.36. The van der Waals surface area contributed by atoms with Crippen LogP contribution in [-0.4, -0.2) is 39.9 Å². The van der Waals surface area contributed by atoms with Crippen LogP contribution in [0.1, 0.15) is 6.04 Å². The minimum absolute atomic E-state index is 0.147. The SMILES string of the molecule is COc1ccccc1-c1ccc(=O)n(C2CN(c3ncncc3F)C2)n1. The highest BCUT2D eigenvalue weighted by atomic mass is 19.1. The Kier molecular flexibility index (Phi) is 4.08. The molecule has 1 aromatic carbocycles. The summed E-state index contributed by atoms with van der Waals surface area (Å²) in [6, 6.07) is 10.5. The molecule has 7 nitrogen and oxygen atoms in total. The van der Waals surface area contributed by atoms with E-state index in [1.807, 2.05) is 24.3 Å². The van der Waals surface area contributed by atoms with Crippen molar-refractivity contribution in [3.8, 4) is 17.0 Å². The maximum atomic E-state index is 13.8. The molecule has 1 saturated heterocycles. The maximum absolute atomic E-state index is 13.8. The zero-order chi connectivity index (χ0) is 18.1. The summed E-state index contributed by atoms with van der Waals surface area (Å²) < 4.78 is 20.6. The lowest BCUT2D eigenvalue weighted by Crippen LogP contribution is -2.51. The number of aromatic nitrogens is 4. The van der Waals surface area contributed by atoms with Gasteiger partial charge in [0.15, 0.2) is 11.6 Å². The van der Waals surface area contributed by atoms with E-state index in [1.54, 1.807) is 18.1 Å². The van der Waals surface area contributed by atoms with Gasteiger partial charge in [-0.1, -0.05) is 12.1 Å². The van der Waals surface area contributed by atoms with Crippen molar-refractivity contribution in [3.63, 3.8) is 0 Å². The van der Waals surface area contributed by atoms with E-state index < -0.39 is 5.82 Å². The number of anilines is 1. The molecule has 0 amide bonds. The molecule has 1 aliphatic heterocycles. The van der Waals surface area contributed by atoms with Crippen molar-refractivity contribution >= 4 is 5.82 Å². The van der Waals surface area contributed by atoms with E-state index in [9.17, 15) is 9.18 Å². The molecular formula is C18H16FN5O2. The predicted molar refractivity (Wildman–Crippen MR) is 93.7 cm³/mol. The van der Waals surface area contributed by atoms with Crippen LogP contribution in [-0.2, 0) is 0 Å². The van der Waals surface area contributed by atoms with Crippen LogP contribution in [0.5, 0.6) is 5.75 Å². The normalized spacial score (nSPS) is 14.2. The Bertz CT molecular complexity index is 1000. The fourth-order valence-electron chi connectivity index (χ4n) is 3.01. The zero-order valence-electron chi connectivity index (χ0n) is 14.0. The standard InChI is InChI=1S/C18H16FN5O2/c1-26-16-5-3-2-4-13(16)15-6-7-17(25)24(22-15)12-9-23(10-12)18-14(19)8-20-11-21-18/h2-8,11-12H,9-10H2,1H3. The van der Waals surface area contributed by atoms with Gasteiger partial charge in [0.1, 0.15) is 12.1 Å². The molecule has 0 N–H and O–H groups in total. The molecule has 3 aromatic rings. The molecule has 26 heavy (non-hydrogen) atoms. The molecule has 0 aliphatic carbocycles. The molecule has 8 heteroatoms. The largest absolute Gasteiger partial charge is 0.496 e. The van der Waals surface area contributed by atoms with E-state index in [0.717, 1.165) is 11.8 Å². The van der Waals surface area contributed by atoms with Crippen molar-refractivity contribution in [2.75, 3.05) is 25.1 Å². The van der Waals surface area contributed by atoms with Crippen LogP contribution >= 0.6 is 0 Å². The fourth-order valence-corrected chi connectivity index (χ4v) is 3.01. The molecule has 0 radical (unpaired) electrons. The van der Waals surface area contributed by atoms with E-state index in [2.05, 4.69) is 15.1 Å². The fraction of sp³-hybridized carbons (Fsp3) is 0.222. The van der Waals surface area contributed by atoms with Crippen LogP contribution in [0.2, 0.25) is 0 Å². The molecule has 0 bridgehead atoms. The summed E-state index contributed by atoms with van der Waals surface area (Å²) >= 11 is 0. The summed E-state index contributed by atoms with van der Waals surface area (Å²) in [7, 11) is 1.59. The number of rotatable bonds is 4. The Morgan fingerprint density at radius 2 is 2.00 bits per heavy atom. The van der Waals surface area contributed by atoms with Gasteiger partial charge < -0.3 is 9.64 Å². The third kappa shape index (κ3) is 2.79. The summed E-state index contributed by atoms with van der Waals surface area (Å²) in [4.78, 5) is 21.6. The van der Waals surface area contributed by atoms with Crippen molar-refractivity contribution in [1.29, 1.82) is 0 Å². The summed E-state index contributed by atoms with van der Waals surface area (Å²) in [5.41, 5.74) is 1.26. The van der Waals surface area contributed by atoms with Crippen molar-refractivity contribution in [2.24, 2.45) is 0 Å². The van der Waals surface area contributed by atoms with Crippen LogP contribution in [0.25, 0.3) is 11.3 Å². The number of benzene rings is 1. The minimum atomic E-state index is -0.478. The van der Waals surface area contributed by atoms with Gasteiger partial charge in [0, 0.05) is 24.7 Å². The number of para-hydroxylation sites is 1. The number of nitrogens with zero attached hydrogens (tertiary/aromatic N) is 5. The van der Waals surface area contributed by atoms with Gasteiger partial charge in [0.05, 0.1) is 25.0 Å². The quantitative estimate of drug-likeness (QED) is 0.713. The van der Waals surface area contributed by atoms with Crippen LogP contribution < -0.4 is 15.2 Å². The lowest BCUT2D eigenvalue weighted by atomic mass is 10.1.